The Kier molecular flexibility index (Phi) is 2.68. The van der Waals surface area contributed by atoms with Crippen molar-refractivity contribution in [1.29, 1.82) is 0 Å². The minimum absolute atomic E-state index is 0.355. The van der Waals surface area contributed by atoms with E-state index in [0.717, 1.165) is 15.0 Å². The van der Waals surface area contributed by atoms with E-state index in [1.807, 2.05) is 30.3 Å². The molecule has 1 aromatic heterocycles. The highest BCUT2D eigenvalue weighted by atomic mass is 32.1. The molecule has 18 heavy (non-hydrogen) atoms. The van der Waals surface area contributed by atoms with E-state index >= 15 is 0 Å². The zero-order chi connectivity index (χ0) is 12.5. The molecule has 3 heteroatoms. The highest BCUT2D eigenvalue weighted by Crippen LogP contribution is 2.36. The van der Waals surface area contributed by atoms with E-state index in [1.54, 1.807) is 12.1 Å². The third-order valence-electron chi connectivity index (χ3n) is 2.84. The number of carbonyl (C=O) groups excluding carboxylic acids is 1. The van der Waals surface area contributed by atoms with Crippen LogP contribution in [0.5, 0.6) is 0 Å². The number of aldehydes is 1. The number of rotatable bonds is 2. The van der Waals surface area contributed by atoms with Crippen molar-refractivity contribution in [2.75, 3.05) is 0 Å². The van der Waals surface area contributed by atoms with Crippen molar-refractivity contribution < 1.29 is 9.18 Å². The second kappa shape index (κ2) is 4.35. The summed E-state index contributed by atoms with van der Waals surface area (Å²) in [5.41, 5.74) is 0.787. The van der Waals surface area contributed by atoms with Gasteiger partial charge >= 0.3 is 0 Å². The molecule has 0 aliphatic carbocycles. The Morgan fingerprint density at radius 3 is 2.67 bits per heavy atom. The highest BCUT2D eigenvalue weighted by Gasteiger charge is 2.12. The number of halogens is 1. The molecule has 0 spiro atoms. The van der Waals surface area contributed by atoms with Gasteiger partial charge in [-0.2, -0.15) is 0 Å². The van der Waals surface area contributed by atoms with Crippen LogP contribution in [-0.4, -0.2) is 6.29 Å². The van der Waals surface area contributed by atoms with Crippen molar-refractivity contribution in [2.45, 2.75) is 0 Å². The Balaban J connectivity index is 2.29. The minimum Gasteiger partial charge on any atom is -0.298 e. The Hall–Kier alpha value is -2.00. The van der Waals surface area contributed by atoms with Crippen molar-refractivity contribution in [2.24, 2.45) is 0 Å². The van der Waals surface area contributed by atoms with Gasteiger partial charge in [-0.1, -0.05) is 30.3 Å². The molecule has 0 radical (unpaired) electrons. The first-order valence-corrected chi connectivity index (χ1v) is 6.34. The molecule has 3 rings (SSSR count). The summed E-state index contributed by atoms with van der Waals surface area (Å²) in [5, 5.41) is 1.07. The lowest BCUT2D eigenvalue weighted by molar-refractivity contribution is 0.112. The second-order valence-corrected chi connectivity index (χ2v) is 5.05. The third-order valence-corrected chi connectivity index (χ3v) is 3.98. The van der Waals surface area contributed by atoms with E-state index in [4.69, 9.17) is 0 Å². The number of fused-ring (bicyclic) bond motifs is 1. The predicted octanol–water partition coefficient (Wildman–Crippen LogP) is 4.52. The number of thiophene rings is 1. The Bertz CT molecular complexity index is 697. The molecule has 0 aliphatic rings. The number of benzene rings is 2. The van der Waals surface area contributed by atoms with E-state index in [-0.39, 0.29) is 5.82 Å². The average Bonchev–Trinajstić information content (AvgIpc) is 2.81. The molecule has 3 aromatic rings. The molecule has 0 atom stereocenters. The van der Waals surface area contributed by atoms with E-state index in [1.165, 1.54) is 17.4 Å². The first-order valence-electron chi connectivity index (χ1n) is 5.52. The fraction of sp³-hybridized carbons (Fsp3) is 0. The maximum atomic E-state index is 13.9. The van der Waals surface area contributed by atoms with E-state index in [2.05, 4.69) is 0 Å². The average molecular weight is 256 g/mol. The Labute approximate surface area is 108 Å². The zero-order valence-electron chi connectivity index (χ0n) is 9.39. The molecule has 0 unspecified atom stereocenters. The van der Waals surface area contributed by atoms with E-state index < -0.39 is 0 Å². The second-order valence-electron chi connectivity index (χ2n) is 3.97. The predicted molar refractivity (Wildman–Crippen MR) is 72.6 cm³/mol. The molecular formula is C15H9FOS. The molecule has 1 nitrogen and oxygen atoms in total. The molecule has 0 N–H and O–H groups in total. The van der Waals surface area contributed by atoms with E-state index in [0.29, 0.717) is 17.4 Å². The summed E-state index contributed by atoms with van der Waals surface area (Å²) in [5.74, 6) is -0.355. The van der Waals surface area contributed by atoms with Crippen LogP contribution in [0.15, 0.2) is 48.5 Å². The summed E-state index contributed by atoms with van der Waals surface area (Å²) in [4.78, 5) is 11.8. The van der Waals surface area contributed by atoms with Crippen LogP contribution in [0.25, 0.3) is 20.5 Å². The fourth-order valence-electron chi connectivity index (χ4n) is 2.00. The minimum atomic E-state index is -0.355. The Morgan fingerprint density at radius 2 is 1.89 bits per heavy atom. The summed E-state index contributed by atoms with van der Waals surface area (Å²) in [6, 6.07) is 14.4. The van der Waals surface area contributed by atoms with Gasteiger partial charge in [0.05, 0.1) is 0 Å². The van der Waals surface area contributed by atoms with Crippen LogP contribution >= 0.6 is 11.3 Å². The van der Waals surface area contributed by atoms with Crippen molar-refractivity contribution >= 4 is 27.7 Å². The van der Waals surface area contributed by atoms with Crippen molar-refractivity contribution in [3.63, 3.8) is 0 Å². The fourth-order valence-corrected chi connectivity index (χ4v) is 3.14. The van der Waals surface area contributed by atoms with Gasteiger partial charge in [0.15, 0.2) is 6.29 Å². The van der Waals surface area contributed by atoms with Gasteiger partial charge in [-0.25, -0.2) is 4.39 Å². The summed E-state index contributed by atoms with van der Waals surface area (Å²) in [6.07, 6.45) is 0.697. The van der Waals surface area contributed by atoms with Crippen LogP contribution in [0.1, 0.15) is 10.4 Å². The molecule has 88 valence electrons. The van der Waals surface area contributed by atoms with Gasteiger partial charge in [-0.3, -0.25) is 4.79 Å². The van der Waals surface area contributed by atoms with Crippen molar-refractivity contribution in [3.8, 4) is 10.4 Å². The van der Waals surface area contributed by atoms with Crippen molar-refractivity contribution in [1.82, 2.24) is 0 Å². The Morgan fingerprint density at radius 1 is 1.06 bits per heavy atom. The topological polar surface area (TPSA) is 17.1 Å². The van der Waals surface area contributed by atoms with Crippen LogP contribution in [0.2, 0.25) is 0 Å². The molecule has 0 saturated heterocycles. The van der Waals surface area contributed by atoms with Crippen LogP contribution in [0.4, 0.5) is 4.39 Å². The smallest absolute Gasteiger partial charge is 0.150 e. The lowest BCUT2D eigenvalue weighted by Gasteiger charge is -2.02. The van der Waals surface area contributed by atoms with Gasteiger partial charge < -0.3 is 0 Å². The van der Waals surface area contributed by atoms with Gasteiger partial charge in [0.2, 0.25) is 0 Å². The summed E-state index contributed by atoms with van der Waals surface area (Å²) >= 11 is 1.50. The van der Waals surface area contributed by atoms with Crippen LogP contribution in [-0.2, 0) is 0 Å². The summed E-state index contributed by atoms with van der Waals surface area (Å²) < 4.78 is 15.0. The van der Waals surface area contributed by atoms with Crippen LogP contribution in [0, 0.1) is 5.82 Å². The molecule has 0 aliphatic heterocycles. The maximum Gasteiger partial charge on any atom is 0.150 e. The van der Waals surface area contributed by atoms with Gasteiger partial charge in [-0.15, -0.1) is 11.3 Å². The van der Waals surface area contributed by atoms with Gasteiger partial charge in [0, 0.05) is 20.7 Å². The maximum absolute atomic E-state index is 13.9. The molecule has 1 heterocycles. The lowest BCUT2D eigenvalue weighted by atomic mass is 10.1. The first kappa shape index (κ1) is 11.1. The number of carbonyl (C=O) groups is 1. The molecule has 0 amide bonds. The largest absolute Gasteiger partial charge is 0.298 e. The van der Waals surface area contributed by atoms with Crippen LogP contribution < -0.4 is 0 Å². The monoisotopic (exact) mass is 256 g/mol. The lowest BCUT2D eigenvalue weighted by Crippen LogP contribution is -1.89. The SMILES string of the molecule is O=Cc1cccc(F)c1-c1cc2ccccc2s1. The van der Waals surface area contributed by atoms with Crippen molar-refractivity contribution in [3.05, 3.63) is 59.9 Å². The highest BCUT2D eigenvalue weighted by molar-refractivity contribution is 7.22. The summed E-state index contributed by atoms with van der Waals surface area (Å²) in [6.45, 7) is 0. The van der Waals surface area contributed by atoms with Gasteiger partial charge in [0.1, 0.15) is 5.82 Å². The first-order chi connectivity index (χ1) is 8.79. The quantitative estimate of drug-likeness (QED) is 0.616. The third kappa shape index (κ3) is 1.73. The number of hydrogen-bond acceptors (Lipinski definition) is 2. The normalized spacial score (nSPS) is 10.7. The van der Waals surface area contributed by atoms with E-state index in [9.17, 15) is 9.18 Å². The zero-order valence-corrected chi connectivity index (χ0v) is 10.2. The molecule has 0 fully saturated rings. The molecule has 2 aromatic carbocycles. The summed E-state index contributed by atoms with van der Waals surface area (Å²) in [7, 11) is 0. The van der Waals surface area contributed by atoms with Crippen LogP contribution in [0.3, 0.4) is 0 Å². The van der Waals surface area contributed by atoms with Gasteiger partial charge in [0.25, 0.3) is 0 Å². The van der Waals surface area contributed by atoms with Gasteiger partial charge in [-0.05, 0) is 23.6 Å². The molecular weight excluding hydrogens is 247 g/mol. The molecule has 0 bridgehead atoms. The molecule has 0 saturated carbocycles. The number of hydrogen-bond donors (Lipinski definition) is 0. The standard InChI is InChI=1S/C15H9FOS/c16-12-6-3-5-11(9-17)15(12)14-8-10-4-1-2-7-13(10)18-14/h1-9H.